The Kier molecular flexibility index (Phi) is 18.6. The van der Waals surface area contributed by atoms with E-state index in [1.165, 1.54) is 18.3 Å². The van der Waals surface area contributed by atoms with Crippen LogP contribution in [0.1, 0.15) is 75.4 Å². The lowest BCUT2D eigenvalue weighted by Crippen LogP contribution is -2.48. The number of benzene rings is 2. The quantitative estimate of drug-likeness (QED) is 0.100. The molecule has 4 aromatic rings. The van der Waals surface area contributed by atoms with Crippen molar-refractivity contribution in [2.24, 2.45) is 0 Å². The molecule has 0 unspecified atom stereocenters. The first kappa shape index (κ1) is 43.2. The Hall–Kier alpha value is -5.92. The van der Waals surface area contributed by atoms with Crippen LogP contribution in [0.25, 0.3) is 0 Å². The Morgan fingerprint density at radius 2 is 1.28 bits per heavy atom. The van der Waals surface area contributed by atoms with Gasteiger partial charge in [0.25, 0.3) is 11.8 Å². The SMILES string of the molecule is C.C.CCCCOc1c(C(=O)NCCOc2ccccc2)n(N)ccc1=O.CCCCOc1c2n(ccc1=O)NCN(CCOc1ccccc1)C2=O. The molecule has 3 heterocycles. The number of hydrogen-bond acceptors (Lipinski definition) is 10. The molecule has 2 aromatic heterocycles. The first-order valence-electron chi connectivity index (χ1n) is 17.0. The lowest BCUT2D eigenvalue weighted by Gasteiger charge is -2.31. The Bertz CT molecular complexity index is 1810. The van der Waals surface area contributed by atoms with E-state index in [4.69, 9.17) is 24.8 Å². The van der Waals surface area contributed by atoms with Crippen LogP contribution in [0.5, 0.6) is 23.0 Å². The van der Waals surface area contributed by atoms with E-state index in [0.29, 0.717) is 39.6 Å². The minimum atomic E-state index is -0.483. The summed E-state index contributed by atoms with van der Waals surface area (Å²) in [4.78, 5) is 51.0. The molecule has 1 aliphatic rings. The number of nitrogens with zero attached hydrogens (tertiary/aromatic N) is 3. The Balaban J connectivity index is 0.000000354. The molecule has 14 nitrogen and oxygen atoms in total. The zero-order chi connectivity index (χ0) is 36.4. The summed E-state index contributed by atoms with van der Waals surface area (Å²) in [7, 11) is 0. The predicted molar refractivity (Wildman–Crippen MR) is 207 cm³/mol. The summed E-state index contributed by atoms with van der Waals surface area (Å²) in [6.07, 6.45) is 6.37. The highest BCUT2D eigenvalue weighted by atomic mass is 16.5. The van der Waals surface area contributed by atoms with E-state index in [2.05, 4.69) is 10.7 Å². The molecule has 5 rings (SSSR count). The number of fused-ring (bicyclic) bond motifs is 1. The average Bonchev–Trinajstić information content (AvgIpc) is 3.14. The van der Waals surface area contributed by atoms with E-state index < -0.39 is 5.91 Å². The number of carbonyl (C=O) groups excluding carboxylic acids is 2. The molecule has 0 fully saturated rings. The van der Waals surface area contributed by atoms with Crippen molar-refractivity contribution >= 4 is 11.8 Å². The van der Waals surface area contributed by atoms with Crippen LogP contribution in [0.15, 0.2) is 94.8 Å². The van der Waals surface area contributed by atoms with Crippen molar-refractivity contribution in [2.75, 3.05) is 57.5 Å². The van der Waals surface area contributed by atoms with Crippen LogP contribution in [0.3, 0.4) is 0 Å². The fourth-order valence-corrected chi connectivity index (χ4v) is 4.81. The maximum Gasteiger partial charge on any atom is 0.278 e. The molecule has 0 atom stereocenters. The van der Waals surface area contributed by atoms with Crippen LogP contribution in [-0.2, 0) is 0 Å². The van der Waals surface area contributed by atoms with Gasteiger partial charge in [0.1, 0.15) is 31.4 Å². The van der Waals surface area contributed by atoms with Gasteiger partial charge in [-0.05, 0) is 37.1 Å². The molecule has 288 valence electrons. The molecule has 4 N–H and O–H groups in total. The van der Waals surface area contributed by atoms with Crippen molar-refractivity contribution in [1.82, 2.24) is 19.6 Å². The monoisotopic (exact) mass is 734 g/mol. The van der Waals surface area contributed by atoms with Crippen molar-refractivity contribution in [3.63, 3.8) is 0 Å². The molecule has 0 aliphatic carbocycles. The van der Waals surface area contributed by atoms with Crippen molar-refractivity contribution in [3.8, 4) is 23.0 Å². The molecular formula is C39H54N6O8. The lowest BCUT2D eigenvalue weighted by molar-refractivity contribution is 0.0694. The molecule has 53 heavy (non-hydrogen) atoms. The number of nitrogen functional groups attached to an aromatic ring is 1. The molecule has 0 radical (unpaired) electrons. The van der Waals surface area contributed by atoms with E-state index in [0.717, 1.165) is 41.9 Å². The van der Waals surface area contributed by atoms with Crippen LogP contribution in [0.4, 0.5) is 0 Å². The second-order valence-electron chi connectivity index (χ2n) is 11.4. The number of ether oxygens (including phenoxy) is 4. The number of nitrogens with two attached hydrogens (primary N) is 1. The lowest BCUT2D eigenvalue weighted by atomic mass is 10.2. The summed E-state index contributed by atoms with van der Waals surface area (Å²) in [6, 6.07) is 21.4. The number of para-hydroxylation sites is 2. The normalized spacial score (nSPS) is 11.3. The first-order chi connectivity index (χ1) is 24.8. The van der Waals surface area contributed by atoms with Crippen LogP contribution < -0.4 is 46.4 Å². The zero-order valence-electron chi connectivity index (χ0n) is 29.0. The summed E-state index contributed by atoms with van der Waals surface area (Å²) in [6.45, 7) is 6.47. The standard InChI is InChI=1S/C19H23N3O4.C18H23N3O4.2CH4/c1-2-3-12-26-18-16(23)9-10-22-17(18)19(24)21(14-20-22)11-13-25-15-7-5-4-6-8-15;1-2-3-12-25-17-15(22)9-11-21(19)16(17)18(23)20-10-13-24-14-7-5-4-6-8-14;;/h4-10,20H,2-3,11-14H2,1H3;4-9,11H,2-3,10,12-13,19H2,1H3,(H,20,23);2*1H4. The Morgan fingerprint density at radius 3 is 1.89 bits per heavy atom. The van der Waals surface area contributed by atoms with E-state index in [9.17, 15) is 19.2 Å². The third-order valence-corrected chi connectivity index (χ3v) is 7.54. The Morgan fingerprint density at radius 1 is 0.736 bits per heavy atom. The largest absolute Gasteiger partial charge is 0.492 e. The molecule has 0 spiro atoms. The number of unbranched alkanes of at least 4 members (excludes halogenated alkanes) is 2. The summed E-state index contributed by atoms with van der Waals surface area (Å²) in [5, 5.41) is 2.68. The van der Waals surface area contributed by atoms with Crippen molar-refractivity contribution in [2.45, 2.75) is 54.4 Å². The molecule has 0 saturated carbocycles. The first-order valence-corrected chi connectivity index (χ1v) is 17.0. The number of carbonyl (C=O) groups is 2. The van der Waals surface area contributed by atoms with E-state index in [1.807, 2.05) is 74.5 Å². The fraction of sp³-hybridized carbons (Fsp3) is 0.385. The highest BCUT2D eigenvalue weighted by Gasteiger charge is 2.29. The molecule has 1 aliphatic heterocycles. The van der Waals surface area contributed by atoms with Gasteiger partial charge in [-0.2, -0.15) is 0 Å². The molecular weight excluding hydrogens is 680 g/mol. The number of hydrogen-bond donors (Lipinski definition) is 3. The summed E-state index contributed by atoms with van der Waals surface area (Å²) >= 11 is 0. The highest BCUT2D eigenvalue weighted by molar-refractivity contribution is 5.96. The van der Waals surface area contributed by atoms with Crippen LogP contribution in [-0.4, -0.2) is 72.3 Å². The van der Waals surface area contributed by atoms with Gasteiger partial charge in [0, 0.05) is 24.5 Å². The highest BCUT2D eigenvalue weighted by Crippen LogP contribution is 2.19. The second-order valence-corrected chi connectivity index (χ2v) is 11.4. The van der Waals surface area contributed by atoms with Crippen molar-refractivity contribution in [1.29, 1.82) is 0 Å². The minimum absolute atomic E-state index is 0. The van der Waals surface area contributed by atoms with Crippen LogP contribution >= 0.6 is 0 Å². The maximum absolute atomic E-state index is 12.9. The summed E-state index contributed by atoms with van der Waals surface area (Å²) in [5.74, 6) is 6.62. The topological polar surface area (TPSA) is 168 Å². The van der Waals surface area contributed by atoms with Gasteiger partial charge in [-0.25, -0.2) is 0 Å². The van der Waals surface area contributed by atoms with Crippen LogP contribution in [0, 0.1) is 0 Å². The van der Waals surface area contributed by atoms with Crippen molar-refractivity contribution < 1.29 is 28.5 Å². The summed E-state index contributed by atoms with van der Waals surface area (Å²) < 4.78 is 24.9. The third kappa shape index (κ3) is 12.7. The van der Waals surface area contributed by atoms with Crippen molar-refractivity contribution in [3.05, 3.63) is 117 Å². The van der Waals surface area contributed by atoms with Gasteiger partial charge in [0.2, 0.25) is 10.9 Å². The minimum Gasteiger partial charge on any atom is -0.492 e. The molecule has 2 aromatic carbocycles. The third-order valence-electron chi connectivity index (χ3n) is 7.54. The van der Waals surface area contributed by atoms with Gasteiger partial charge in [-0.3, -0.25) is 28.5 Å². The van der Waals surface area contributed by atoms with Gasteiger partial charge >= 0.3 is 0 Å². The summed E-state index contributed by atoms with van der Waals surface area (Å²) in [5.41, 5.74) is 2.68. The van der Waals surface area contributed by atoms with Gasteiger partial charge in [0.15, 0.2) is 22.9 Å². The molecule has 0 saturated heterocycles. The second kappa shape index (κ2) is 22.8. The van der Waals surface area contributed by atoms with E-state index in [-0.39, 0.29) is 61.0 Å². The van der Waals surface area contributed by atoms with E-state index in [1.54, 1.807) is 15.8 Å². The number of rotatable bonds is 17. The maximum atomic E-state index is 12.9. The number of pyridine rings is 2. The van der Waals surface area contributed by atoms with Gasteiger partial charge in [-0.15, -0.1) is 0 Å². The van der Waals surface area contributed by atoms with E-state index >= 15 is 0 Å². The fourth-order valence-electron chi connectivity index (χ4n) is 4.81. The zero-order valence-corrected chi connectivity index (χ0v) is 29.0. The van der Waals surface area contributed by atoms with Gasteiger partial charge in [-0.1, -0.05) is 77.9 Å². The molecule has 14 heteroatoms. The molecule has 2 amide bonds. The number of aromatic nitrogens is 2. The predicted octanol–water partition coefficient (Wildman–Crippen LogP) is 4.89. The van der Waals surface area contributed by atoms with Gasteiger partial charge < -0.3 is 40.4 Å². The smallest absolute Gasteiger partial charge is 0.278 e. The molecule has 0 bridgehead atoms. The average molecular weight is 735 g/mol. The number of amides is 2. The number of nitrogens with one attached hydrogen (secondary N) is 2. The van der Waals surface area contributed by atoms with Gasteiger partial charge in [0.05, 0.1) is 26.3 Å². The van der Waals surface area contributed by atoms with Crippen LogP contribution in [0.2, 0.25) is 0 Å². The Labute approximate surface area is 311 Å².